The summed E-state index contributed by atoms with van der Waals surface area (Å²) in [6, 6.07) is 0. The van der Waals surface area contributed by atoms with Gasteiger partial charge in [-0.15, -0.1) is 0 Å². The van der Waals surface area contributed by atoms with Crippen molar-refractivity contribution in [2.24, 2.45) is 0 Å². The Morgan fingerprint density at radius 1 is 0.727 bits per heavy atom. The topological polar surface area (TPSA) is 106 Å². The first kappa shape index (κ1) is 42.7. The molecule has 0 bridgehead atoms. The minimum atomic E-state index is -4.67. The molecule has 5 nitrogen and oxygen atoms in total. The van der Waals surface area contributed by atoms with Crippen LogP contribution in [-0.2, 0) is 10.4 Å². The zero-order chi connectivity index (χ0) is 4.50. The Labute approximate surface area is 279 Å². The molecule has 4 N–H and O–H groups in total. The minimum absolute atomic E-state index is 0. The molecule has 0 radical (unpaired) electrons. The summed E-state index contributed by atoms with van der Waals surface area (Å²) in [5.74, 6) is 0. The maximum atomic E-state index is 8.74. The van der Waals surface area contributed by atoms with Gasteiger partial charge in [-0.1, -0.05) is 0 Å². The molecule has 0 saturated heterocycles. The summed E-state index contributed by atoms with van der Waals surface area (Å²) >= 11 is 0. The fourth-order valence-corrected chi connectivity index (χ4v) is 0. The normalized spacial score (nSPS) is 5.27. The van der Waals surface area contributed by atoms with Crippen molar-refractivity contribution in [1.82, 2.24) is 0 Å². The van der Waals surface area contributed by atoms with Gasteiger partial charge < -0.3 is 5.48 Å². The van der Waals surface area contributed by atoms with Crippen molar-refractivity contribution in [3.05, 3.63) is 0 Å². The van der Waals surface area contributed by atoms with Crippen LogP contribution in [0.1, 0.15) is 0 Å². The van der Waals surface area contributed by atoms with Gasteiger partial charge >= 0.3 is 267 Å². The molecule has 0 aliphatic carbocycles. The quantitative estimate of drug-likeness (QED) is 0.346. The van der Waals surface area contributed by atoms with Crippen molar-refractivity contribution < 1.29 is 23.0 Å². The van der Waals surface area contributed by atoms with E-state index >= 15 is 0 Å². The number of rotatable bonds is 0. The standard InChI is InChI=1S/5K.H2O4S.H2O.5H/c;;;;;1-5(2,3)4;;;;;;/h;;;;;(H2,1,2,3,4);1H2;;;;;. The summed E-state index contributed by atoms with van der Waals surface area (Å²) in [6.07, 6.45) is 0. The van der Waals surface area contributed by atoms with E-state index in [1.165, 1.54) is 0 Å². The monoisotopic (exact) mass is 316 g/mol. The molecular formula is H9K5O5S. The third-order valence-corrected chi connectivity index (χ3v) is 0. The Morgan fingerprint density at radius 3 is 0.727 bits per heavy atom. The van der Waals surface area contributed by atoms with Gasteiger partial charge in [0.15, 0.2) is 0 Å². The van der Waals surface area contributed by atoms with Crippen LogP contribution in [0.2, 0.25) is 0 Å². The first-order chi connectivity index (χ1) is 2.00. The molecular weight excluding hydrogens is 308 g/mol. The molecule has 0 rings (SSSR count). The van der Waals surface area contributed by atoms with E-state index in [9.17, 15) is 0 Å². The van der Waals surface area contributed by atoms with Crippen LogP contribution in [0.4, 0.5) is 0 Å². The Kier molecular flexibility index (Phi) is 103. The van der Waals surface area contributed by atoms with E-state index in [1.54, 1.807) is 0 Å². The van der Waals surface area contributed by atoms with E-state index in [2.05, 4.69) is 0 Å². The van der Waals surface area contributed by atoms with E-state index in [1.807, 2.05) is 0 Å². The Hall–Kier alpha value is 8.01. The molecule has 0 aromatic rings. The van der Waals surface area contributed by atoms with Crippen LogP contribution < -0.4 is 0 Å². The van der Waals surface area contributed by atoms with E-state index in [4.69, 9.17) is 17.5 Å². The van der Waals surface area contributed by atoms with Crippen molar-refractivity contribution in [1.29, 1.82) is 0 Å². The molecule has 11 heavy (non-hydrogen) atoms. The van der Waals surface area contributed by atoms with E-state index < -0.39 is 10.4 Å². The van der Waals surface area contributed by atoms with E-state index in [-0.39, 0.29) is 262 Å². The van der Waals surface area contributed by atoms with Crippen LogP contribution >= 0.6 is 0 Å². The molecule has 0 aliphatic heterocycles. The SMILES string of the molecule is O.O=S(=O)(O)O.[KH].[KH].[KH].[KH].[KH]. The fourth-order valence-electron chi connectivity index (χ4n) is 0. The fraction of sp³-hybridized carbons (Fsp3) is 0. The van der Waals surface area contributed by atoms with Gasteiger partial charge in [0.1, 0.15) is 0 Å². The van der Waals surface area contributed by atoms with Crippen LogP contribution in [0, 0.1) is 0 Å². The van der Waals surface area contributed by atoms with Crippen molar-refractivity contribution in [3.8, 4) is 0 Å². The molecule has 0 aromatic heterocycles. The second-order valence-corrected chi connectivity index (χ2v) is 1.34. The Morgan fingerprint density at radius 2 is 0.727 bits per heavy atom. The third kappa shape index (κ3) is 71.9. The number of hydrogen-bond donors (Lipinski definition) is 2. The maximum absolute atomic E-state index is 8.74. The average molecular weight is 317 g/mol. The molecule has 0 saturated carbocycles. The van der Waals surface area contributed by atoms with Crippen LogP contribution in [0.5, 0.6) is 0 Å². The van der Waals surface area contributed by atoms with Crippen molar-refractivity contribution in [2.45, 2.75) is 0 Å². The second kappa shape index (κ2) is 26.6. The molecule has 0 unspecified atom stereocenters. The molecule has 0 spiro atoms. The summed E-state index contributed by atoms with van der Waals surface area (Å²) in [5, 5.41) is 0. The first-order valence-corrected chi connectivity index (χ1v) is 2.10. The zero-order valence-electron chi connectivity index (χ0n) is 2.62. The molecule has 0 aliphatic rings. The van der Waals surface area contributed by atoms with E-state index in [0.717, 1.165) is 0 Å². The summed E-state index contributed by atoms with van der Waals surface area (Å²) in [7, 11) is -4.67. The number of hydrogen-bond acceptors (Lipinski definition) is 2. The van der Waals surface area contributed by atoms with Gasteiger partial charge in [0, 0.05) is 0 Å². The molecule has 0 heterocycles. The van der Waals surface area contributed by atoms with Crippen molar-refractivity contribution in [3.63, 3.8) is 0 Å². The molecule has 50 valence electrons. The van der Waals surface area contributed by atoms with Crippen LogP contribution in [-0.4, -0.2) is 280 Å². The summed E-state index contributed by atoms with van der Waals surface area (Å²) in [6.45, 7) is 0. The summed E-state index contributed by atoms with van der Waals surface area (Å²) in [4.78, 5) is 0. The van der Waals surface area contributed by atoms with Gasteiger partial charge in [-0.25, -0.2) is 0 Å². The Balaban J connectivity index is -0.00000000533. The van der Waals surface area contributed by atoms with Gasteiger partial charge in [-0.2, -0.15) is 8.42 Å². The second-order valence-electron chi connectivity index (χ2n) is 0.448. The van der Waals surface area contributed by atoms with Gasteiger partial charge in [-0.05, 0) is 0 Å². The Bertz CT molecular complexity index is 98.0. The van der Waals surface area contributed by atoms with Gasteiger partial charge in [-0.3, -0.25) is 9.11 Å². The molecule has 11 heteroatoms. The molecule has 0 amide bonds. The predicted octanol–water partition coefficient (Wildman–Crippen LogP) is -4.72. The third-order valence-electron chi connectivity index (χ3n) is 0. The van der Waals surface area contributed by atoms with Crippen molar-refractivity contribution in [2.75, 3.05) is 0 Å². The van der Waals surface area contributed by atoms with Crippen LogP contribution in [0.3, 0.4) is 0 Å². The van der Waals surface area contributed by atoms with Gasteiger partial charge in [0.25, 0.3) is 0 Å². The summed E-state index contributed by atoms with van der Waals surface area (Å²) in [5.41, 5.74) is 0. The average Bonchev–Trinajstić information content (AvgIpc) is 0.722. The molecule has 0 fully saturated rings. The van der Waals surface area contributed by atoms with Crippen LogP contribution in [0.25, 0.3) is 0 Å². The summed E-state index contributed by atoms with van der Waals surface area (Å²) < 4.78 is 31.6. The first-order valence-electron chi connectivity index (χ1n) is 0.698. The van der Waals surface area contributed by atoms with Gasteiger partial charge in [0.2, 0.25) is 0 Å². The molecule has 0 atom stereocenters. The molecule has 0 aromatic carbocycles. The predicted molar refractivity (Wildman–Crippen MR) is 53.5 cm³/mol. The van der Waals surface area contributed by atoms with E-state index in [0.29, 0.717) is 0 Å². The van der Waals surface area contributed by atoms with Crippen LogP contribution in [0.15, 0.2) is 0 Å². The van der Waals surface area contributed by atoms with Gasteiger partial charge in [0.05, 0.1) is 0 Å². The zero-order valence-corrected chi connectivity index (χ0v) is 3.44. The van der Waals surface area contributed by atoms with Crippen molar-refractivity contribution >= 4 is 267 Å².